The molecule has 0 saturated carbocycles. The van der Waals surface area contributed by atoms with Crippen molar-refractivity contribution in [2.24, 2.45) is 4.99 Å². The predicted octanol–water partition coefficient (Wildman–Crippen LogP) is 4.67. The minimum Gasteiger partial charge on any atom is -0.486 e. The van der Waals surface area contributed by atoms with E-state index in [1.807, 2.05) is 73.7 Å². The van der Waals surface area contributed by atoms with Gasteiger partial charge in [0, 0.05) is 30.4 Å². The number of nitrogens with zero attached hydrogens (tertiary/aromatic N) is 4. The molecule has 1 aliphatic heterocycles. The lowest BCUT2D eigenvalue weighted by Gasteiger charge is -2.29. The number of morpholine rings is 1. The van der Waals surface area contributed by atoms with Gasteiger partial charge in [-0.25, -0.2) is 14.8 Å². The quantitative estimate of drug-likeness (QED) is 0.173. The maximum Gasteiger partial charge on any atom is 0.360 e. The number of fused-ring (bicyclic) bond motifs is 1. The van der Waals surface area contributed by atoms with E-state index in [2.05, 4.69) is 9.88 Å². The minimum absolute atomic E-state index is 0.127. The van der Waals surface area contributed by atoms with Crippen LogP contribution in [-0.4, -0.2) is 61.1 Å². The maximum absolute atomic E-state index is 13.9. The first-order valence-corrected chi connectivity index (χ1v) is 13.4. The standard InChI is InChI=1S/C31H32N4O5/c1-3-4-17-40-28-27(31(37)38-2)33-29-25(20-24(21-35(29)30(28)36)34-15-18-39-19-16-34)32-26(22-11-7-5-8-12-22)23-13-9-6-10-14-23/h5-14,20-21H,3-4,15-19H2,1-2H3. The molecule has 2 aromatic heterocycles. The summed E-state index contributed by atoms with van der Waals surface area (Å²) in [6.45, 7) is 4.80. The number of carbonyl (C=O) groups excluding carboxylic acids is 1. The van der Waals surface area contributed by atoms with E-state index >= 15 is 0 Å². The van der Waals surface area contributed by atoms with E-state index < -0.39 is 11.5 Å². The smallest absolute Gasteiger partial charge is 0.360 e. The number of carbonyl (C=O) groups is 1. The maximum atomic E-state index is 13.9. The number of ether oxygens (including phenoxy) is 3. The first-order chi connectivity index (χ1) is 19.6. The van der Waals surface area contributed by atoms with Crippen LogP contribution < -0.4 is 15.2 Å². The molecule has 4 aromatic rings. The summed E-state index contributed by atoms with van der Waals surface area (Å²) in [6.07, 6.45) is 3.33. The molecule has 0 N–H and O–H groups in total. The number of hydrogen-bond donors (Lipinski definition) is 0. The number of pyridine rings is 1. The van der Waals surface area contributed by atoms with Crippen molar-refractivity contribution in [3.63, 3.8) is 0 Å². The van der Waals surface area contributed by atoms with Crippen molar-refractivity contribution < 1.29 is 19.0 Å². The Kier molecular flexibility index (Phi) is 8.51. The molecule has 206 valence electrons. The minimum atomic E-state index is -0.746. The fourth-order valence-electron chi connectivity index (χ4n) is 4.56. The molecule has 1 aliphatic rings. The van der Waals surface area contributed by atoms with Crippen molar-refractivity contribution in [2.45, 2.75) is 19.8 Å². The van der Waals surface area contributed by atoms with Crippen LogP contribution in [0.15, 0.2) is 82.7 Å². The average Bonchev–Trinajstić information content (AvgIpc) is 3.01. The molecule has 0 spiro atoms. The van der Waals surface area contributed by atoms with Crippen molar-refractivity contribution in [3.8, 4) is 5.75 Å². The molecule has 1 saturated heterocycles. The largest absolute Gasteiger partial charge is 0.486 e. The van der Waals surface area contributed by atoms with Gasteiger partial charge in [-0.2, -0.15) is 0 Å². The normalized spacial score (nSPS) is 13.2. The van der Waals surface area contributed by atoms with Crippen LogP contribution in [0.25, 0.3) is 5.65 Å². The van der Waals surface area contributed by atoms with Crippen LogP contribution in [-0.2, 0) is 9.47 Å². The van der Waals surface area contributed by atoms with Crippen molar-refractivity contribution >= 4 is 28.7 Å². The second kappa shape index (κ2) is 12.6. The van der Waals surface area contributed by atoms with E-state index in [0.29, 0.717) is 37.7 Å². The number of aliphatic imine (C=N–C) groups is 1. The highest BCUT2D eigenvalue weighted by atomic mass is 16.5. The number of rotatable bonds is 9. The molecule has 5 rings (SSSR count). The Morgan fingerprint density at radius 3 is 2.27 bits per heavy atom. The number of methoxy groups -OCH3 is 1. The van der Waals surface area contributed by atoms with Crippen LogP contribution in [0.2, 0.25) is 0 Å². The number of aromatic nitrogens is 2. The molecule has 3 heterocycles. The van der Waals surface area contributed by atoms with Gasteiger partial charge in [0.15, 0.2) is 11.3 Å². The Hall–Kier alpha value is -4.50. The SMILES string of the molecule is CCCCOc1c(C(=O)OC)nc2c(N=C(c3ccccc3)c3ccccc3)cc(N3CCOCC3)cn2c1=O. The van der Waals surface area contributed by atoms with E-state index in [0.717, 1.165) is 29.7 Å². The number of hydrogen-bond acceptors (Lipinski definition) is 8. The Bertz CT molecular complexity index is 1520. The van der Waals surface area contributed by atoms with Crippen LogP contribution in [0.3, 0.4) is 0 Å². The van der Waals surface area contributed by atoms with E-state index in [1.165, 1.54) is 11.5 Å². The summed E-state index contributed by atoms with van der Waals surface area (Å²) < 4.78 is 17.8. The second-order valence-electron chi connectivity index (χ2n) is 9.36. The monoisotopic (exact) mass is 540 g/mol. The van der Waals surface area contributed by atoms with Gasteiger partial charge in [-0.1, -0.05) is 74.0 Å². The lowest BCUT2D eigenvalue weighted by molar-refractivity contribution is 0.0588. The fourth-order valence-corrected chi connectivity index (χ4v) is 4.56. The lowest BCUT2D eigenvalue weighted by atomic mass is 10.0. The number of benzene rings is 2. The zero-order valence-corrected chi connectivity index (χ0v) is 22.7. The molecule has 2 aromatic carbocycles. The summed E-state index contributed by atoms with van der Waals surface area (Å²) in [5.74, 6) is -0.872. The summed E-state index contributed by atoms with van der Waals surface area (Å²) in [4.78, 5) is 38.5. The highest BCUT2D eigenvalue weighted by Gasteiger charge is 2.24. The molecule has 0 atom stereocenters. The molecular weight excluding hydrogens is 508 g/mol. The molecule has 0 bridgehead atoms. The summed E-state index contributed by atoms with van der Waals surface area (Å²) in [6, 6.07) is 21.5. The van der Waals surface area contributed by atoms with Crippen LogP contribution in [0.5, 0.6) is 5.75 Å². The third kappa shape index (κ3) is 5.74. The molecule has 0 radical (unpaired) electrons. The zero-order chi connectivity index (χ0) is 27.9. The van der Waals surface area contributed by atoms with Gasteiger partial charge in [0.2, 0.25) is 5.75 Å². The molecule has 9 heteroatoms. The molecular formula is C31H32N4O5. The molecule has 0 unspecified atom stereocenters. The predicted molar refractivity (Wildman–Crippen MR) is 154 cm³/mol. The third-order valence-corrected chi connectivity index (χ3v) is 6.68. The molecule has 0 amide bonds. The van der Waals surface area contributed by atoms with Crippen molar-refractivity contribution in [1.82, 2.24) is 9.38 Å². The van der Waals surface area contributed by atoms with Crippen molar-refractivity contribution in [3.05, 3.63) is 100 Å². The Labute approximate surface area is 232 Å². The molecule has 0 aliphatic carbocycles. The van der Waals surface area contributed by atoms with Gasteiger partial charge in [-0.05, 0) is 12.5 Å². The second-order valence-corrected chi connectivity index (χ2v) is 9.36. The third-order valence-electron chi connectivity index (χ3n) is 6.68. The number of unbranched alkanes of at least 4 members (excludes halogenated alkanes) is 1. The van der Waals surface area contributed by atoms with E-state index in [1.54, 1.807) is 6.20 Å². The van der Waals surface area contributed by atoms with Gasteiger partial charge >= 0.3 is 11.5 Å². The molecule has 1 fully saturated rings. The zero-order valence-electron chi connectivity index (χ0n) is 22.7. The van der Waals surface area contributed by atoms with E-state index in [4.69, 9.17) is 19.2 Å². The van der Waals surface area contributed by atoms with Crippen molar-refractivity contribution in [2.75, 3.05) is 44.9 Å². The highest BCUT2D eigenvalue weighted by Crippen LogP contribution is 2.29. The van der Waals surface area contributed by atoms with Gasteiger partial charge < -0.3 is 19.1 Å². The average molecular weight is 541 g/mol. The molecule has 40 heavy (non-hydrogen) atoms. The van der Waals surface area contributed by atoms with Gasteiger partial charge in [-0.3, -0.25) is 9.20 Å². The van der Waals surface area contributed by atoms with Crippen LogP contribution in [0.1, 0.15) is 41.4 Å². The highest BCUT2D eigenvalue weighted by molar-refractivity contribution is 6.14. The van der Waals surface area contributed by atoms with Crippen LogP contribution in [0, 0.1) is 0 Å². The topological polar surface area (TPSA) is 94.7 Å². The Balaban J connectivity index is 1.80. The van der Waals surface area contributed by atoms with Crippen molar-refractivity contribution in [1.29, 1.82) is 0 Å². The van der Waals surface area contributed by atoms with Gasteiger partial charge in [0.1, 0.15) is 5.69 Å². The fraction of sp³-hybridized carbons (Fsp3) is 0.290. The lowest BCUT2D eigenvalue weighted by Crippen LogP contribution is -2.36. The summed E-state index contributed by atoms with van der Waals surface area (Å²) in [7, 11) is 1.26. The van der Waals surface area contributed by atoms with Crippen LogP contribution >= 0.6 is 0 Å². The first kappa shape index (κ1) is 27.1. The summed E-state index contributed by atoms with van der Waals surface area (Å²) in [5, 5.41) is 0. The van der Waals surface area contributed by atoms with Gasteiger partial charge in [0.05, 0.1) is 38.3 Å². The number of esters is 1. The van der Waals surface area contributed by atoms with Gasteiger partial charge in [-0.15, -0.1) is 0 Å². The van der Waals surface area contributed by atoms with Crippen LogP contribution in [0.4, 0.5) is 11.4 Å². The summed E-state index contributed by atoms with van der Waals surface area (Å²) >= 11 is 0. The molecule has 9 nitrogen and oxygen atoms in total. The van der Waals surface area contributed by atoms with Gasteiger partial charge in [0.25, 0.3) is 0 Å². The Morgan fingerprint density at radius 1 is 1.02 bits per heavy atom. The first-order valence-electron chi connectivity index (χ1n) is 13.4. The van der Waals surface area contributed by atoms with E-state index in [-0.39, 0.29) is 23.7 Å². The number of anilines is 1. The van der Waals surface area contributed by atoms with E-state index in [9.17, 15) is 9.59 Å². The summed E-state index contributed by atoms with van der Waals surface area (Å²) in [5.41, 5.74) is 3.32. The Morgan fingerprint density at radius 2 is 1.68 bits per heavy atom.